The van der Waals surface area contributed by atoms with Crippen LogP contribution in [0.4, 0.5) is 4.39 Å². The predicted molar refractivity (Wildman–Crippen MR) is 70.5 cm³/mol. The molecule has 0 bridgehead atoms. The number of ether oxygens (including phenoxy) is 1. The van der Waals surface area contributed by atoms with Gasteiger partial charge < -0.3 is 9.84 Å². The highest BCUT2D eigenvalue weighted by Crippen LogP contribution is 2.31. The van der Waals surface area contributed by atoms with Gasteiger partial charge in [-0.3, -0.25) is 0 Å². The molecule has 0 amide bonds. The van der Waals surface area contributed by atoms with E-state index in [1.165, 1.54) is 23.9 Å². The normalized spacial score (nSPS) is 10.2. The number of hydrogen-bond acceptors (Lipinski definition) is 3. The van der Waals surface area contributed by atoms with Crippen molar-refractivity contribution in [1.82, 2.24) is 0 Å². The Balaban J connectivity index is 2.29. The molecule has 0 unspecified atom stereocenters. The molecule has 5 heteroatoms. The van der Waals surface area contributed by atoms with Gasteiger partial charge in [0.15, 0.2) is 0 Å². The molecule has 98 valence electrons. The molecule has 1 N–H and O–H groups in total. The lowest BCUT2D eigenvalue weighted by Gasteiger charge is -2.06. The fourth-order valence-electron chi connectivity index (χ4n) is 1.53. The van der Waals surface area contributed by atoms with Gasteiger partial charge in [0, 0.05) is 9.79 Å². The molecular formula is C14H11FO3S. The summed E-state index contributed by atoms with van der Waals surface area (Å²) in [6, 6.07) is 10.9. The zero-order chi connectivity index (χ0) is 13.8. The van der Waals surface area contributed by atoms with E-state index in [2.05, 4.69) is 0 Å². The van der Waals surface area contributed by atoms with E-state index >= 15 is 0 Å². The van der Waals surface area contributed by atoms with E-state index < -0.39 is 11.8 Å². The number of carboxylic acid groups (broad SMARTS) is 1. The maximum Gasteiger partial charge on any atom is 0.336 e. The third-order valence-electron chi connectivity index (χ3n) is 2.46. The number of carboxylic acids is 1. The van der Waals surface area contributed by atoms with Gasteiger partial charge >= 0.3 is 5.97 Å². The Morgan fingerprint density at radius 1 is 1.21 bits per heavy atom. The monoisotopic (exact) mass is 278 g/mol. The van der Waals surface area contributed by atoms with Gasteiger partial charge in [-0.15, -0.1) is 0 Å². The Kier molecular flexibility index (Phi) is 4.06. The summed E-state index contributed by atoms with van der Waals surface area (Å²) < 4.78 is 18.1. The zero-order valence-electron chi connectivity index (χ0n) is 10.1. The Labute approximate surface area is 114 Å². The van der Waals surface area contributed by atoms with Gasteiger partial charge in [0.1, 0.15) is 11.6 Å². The highest BCUT2D eigenvalue weighted by molar-refractivity contribution is 7.99. The molecule has 0 saturated carbocycles. The van der Waals surface area contributed by atoms with Crippen LogP contribution in [0.25, 0.3) is 0 Å². The maximum absolute atomic E-state index is 13.1. The van der Waals surface area contributed by atoms with E-state index in [0.717, 1.165) is 16.7 Å². The molecule has 0 heterocycles. The summed E-state index contributed by atoms with van der Waals surface area (Å²) in [6.07, 6.45) is 0. The molecular weight excluding hydrogens is 267 g/mol. The van der Waals surface area contributed by atoms with Gasteiger partial charge in [0.25, 0.3) is 0 Å². The predicted octanol–water partition coefficient (Wildman–Crippen LogP) is 3.68. The lowest BCUT2D eigenvalue weighted by molar-refractivity contribution is 0.0692. The molecule has 19 heavy (non-hydrogen) atoms. The highest BCUT2D eigenvalue weighted by Gasteiger charge is 2.12. The minimum Gasteiger partial charge on any atom is -0.497 e. The molecule has 0 aromatic heterocycles. The minimum atomic E-state index is -1.14. The highest BCUT2D eigenvalue weighted by atomic mass is 32.2. The average molecular weight is 278 g/mol. The lowest BCUT2D eigenvalue weighted by Crippen LogP contribution is -1.99. The number of carbonyl (C=O) groups is 1. The van der Waals surface area contributed by atoms with Crippen molar-refractivity contribution in [2.24, 2.45) is 0 Å². The molecule has 0 aliphatic heterocycles. The van der Waals surface area contributed by atoms with Crippen LogP contribution in [0.15, 0.2) is 52.3 Å². The molecule has 3 nitrogen and oxygen atoms in total. The molecule has 0 saturated heterocycles. The zero-order valence-corrected chi connectivity index (χ0v) is 10.9. The summed E-state index contributed by atoms with van der Waals surface area (Å²) in [4.78, 5) is 12.4. The number of halogens is 1. The minimum absolute atomic E-state index is 0.0409. The second-order valence-corrected chi connectivity index (χ2v) is 4.84. The smallest absolute Gasteiger partial charge is 0.336 e. The van der Waals surface area contributed by atoms with E-state index in [-0.39, 0.29) is 5.56 Å². The summed E-state index contributed by atoms with van der Waals surface area (Å²) in [5.74, 6) is -0.978. The number of rotatable bonds is 4. The van der Waals surface area contributed by atoms with Crippen LogP contribution in [0.1, 0.15) is 10.4 Å². The van der Waals surface area contributed by atoms with Crippen molar-refractivity contribution >= 4 is 17.7 Å². The first-order valence-corrected chi connectivity index (χ1v) is 6.26. The topological polar surface area (TPSA) is 46.5 Å². The van der Waals surface area contributed by atoms with Gasteiger partial charge in [0.05, 0.1) is 12.7 Å². The summed E-state index contributed by atoms with van der Waals surface area (Å²) in [5.41, 5.74) is -0.0409. The number of aromatic carboxylic acids is 1. The van der Waals surface area contributed by atoms with Gasteiger partial charge in [-0.25, -0.2) is 9.18 Å². The second kappa shape index (κ2) is 5.75. The molecule has 2 rings (SSSR count). The first-order valence-electron chi connectivity index (χ1n) is 5.45. The van der Waals surface area contributed by atoms with E-state index in [0.29, 0.717) is 4.90 Å². The average Bonchev–Trinajstić information content (AvgIpc) is 2.41. The van der Waals surface area contributed by atoms with Crippen LogP contribution >= 0.6 is 11.8 Å². The number of benzene rings is 2. The molecule has 0 atom stereocenters. The van der Waals surface area contributed by atoms with Crippen molar-refractivity contribution in [3.05, 3.63) is 53.8 Å². The summed E-state index contributed by atoms with van der Waals surface area (Å²) in [7, 11) is 1.57. The number of methoxy groups -OCH3 is 1. The van der Waals surface area contributed by atoms with E-state index in [9.17, 15) is 9.18 Å². The van der Waals surface area contributed by atoms with Crippen molar-refractivity contribution in [3.63, 3.8) is 0 Å². The second-order valence-electron chi connectivity index (χ2n) is 3.72. The Morgan fingerprint density at radius 3 is 2.47 bits per heavy atom. The van der Waals surface area contributed by atoms with Crippen LogP contribution in [0.5, 0.6) is 5.75 Å². The summed E-state index contributed by atoms with van der Waals surface area (Å²) in [5, 5.41) is 9.05. The SMILES string of the molecule is COc1ccc(Sc2ccc(F)cc2C(=O)O)cc1. The molecule has 0 spiro atoms. The third kappa shape index (κ3) is 3.26. The third-order valence-corrected chi connectivity index (χ3v) is 3.54. The van der Waals surface area contributed by atoms with Crippen LogP contribution in [0.2, 0.25) is 0 Å². The van der Waals surface area contributed by atoms with Gasteiger partial charge in [0.2, 0.25) is 0 Å². The van der Waals surface area contributed by atoms with Crippen molar-refractivity contribution in [3.8, 4) is 5.75 Å². The first-order chi connectivity index (χ1) is 9.10. The molecule has 2 aromatic carbocycles. The summed E-state index contributed by atoms with van der Waals surface area (Å²) >= 11 is 1.27. The van der Waals surface area contributed by atoms with Crippen molar-refractivity contribution in [1.29, 1.82) is 0 Å². The largest absolute Gasteiger partial charge is 0.497 e. The fourth-order valence-corrected chi connectivity index (χ4v) is 2.45. The van der Waals surface area contributed by atoms with Crippen LogP contribution in [0, 0.1) is 5.82 Å². The Bertz CT molecular complexity index is 596. The molecule has 0 aliphatic carbocycles. The van der Waals surface area contributed by atoms with Gasteiger partial charge in [-0.1, -0.05) is 11.8 Å². The fraction of sp³-hybridized carbons (Fsp3) is 0.0714. The van der Waals surface area contributed by atoms with E-state index in [1.807, 2.05) is 12.1 Å². The molecule has 0 radical (unpaired) electrons. The number of hydrogen-bond donors (Lipinski definition) is 1. The van der Waals surface area contributed by atoms with Crippen molar-refractivity contribution < 1.29 is 19.0 Å². The van der Waals surface area contributed by atoms with E-state index in [1.54, 1.807) is 19.2 Å². The molecule has 2 aromatic rings. The Morgan fingerprint density at radius 2 is 1.89 bits per heavy atom. The van der Waals surface area contributed by atoms with E-state index in [4.69, 9.17) is 9.84 Å². The quantitative estimate of drug-likeness (QED) is 0.926. The summed E-state index contributed by atoms with van der Waals surface area (Å²) in [6.45, 7) is 0. The van der Waals surface area contributed by atoms with Crippen molar-refractivity contribution in [2.75, 3.05) is 7.11 Å². The van der Waals surface area contributed by atoms with Gasteiger partial charge in [-0.2, -0.15) is 0 Å². The maximum atomic E-state index is 13.1. The van der Waals surface area contributed by atoms with Crippen LogP contribution in [-0.2, 0) is 0 Å². The van der Waals surface area contributed by atoms with Crippen LogP contribution < -0.4 is 4.74 Å². The van der Waals surface area contributed by atoms with Crippen LogP contribution in [-0.4, -0.2) is 18.2 Å². The Hall–Kier alpha value is -2.01. The first kappa shape index (κ1) is 13.4. The van der Waals surface area contributed by atoms with Crippen molar-refractivity contribution in [2.45, 2.75) is 9.79 Å². The lowest BCUT2D eigenvalue weighted by atomic mass is 10.2. The van der Waals surface area contributed by atoms with Crippen LogP contribution in [0.3, 0.4) is 0 Å². The molecule has 0 fully saturated rings. The molecule has 0 aliphatic rings. The standard InChI is InChI=1S/C14H11FO3S/c1-18-10-3-5-11(6-4-10)19-13-7-2-9(15)8-12(13)14(16)17/h2-8H,1H3,(H,16,17). The van der Waals surface area contributed by atoms with Gasteiger partial charge in [-0.05, 0) is 42.5 Å².